The van der Waals surface area contributed by atoms with Crippen LogP contribution in [0.4, 0.5) is 5.69 Å². The molecule has 2 aromatic rings. The largest absolute Gasteiger partial charge is 0.495 e. The summed E-state index contributed by atoms with van der Waals surface area (Å²) in [6, 6.07) is 8.92. The monoisotopic (exact) mass is 449 g/mol. The number of aliphatic imine (C=N–C) groups is 1. The lowest BCUT2D eigenvalue weighted by Crippen LogP contribution is -2.32. The van der Waals surface area contributed by atoms with Crippen molar-refractivity contribution in [1.29, 1.82) is 0 Å². The highest BCUT2D eigenvalue weighted by molar-refractivity contribution is 8.14. The predicted molar refractivity (Wildman–Crippen MR) is 121 cm³/mol. The maximum Gasteiger partial charge on any atom is 0.283 e. The van der Waals surface area contributed by atoms with Crippen LogP contribution < -0.4 is 15.0 Å². The van der Waals surface area contributed by atoms with Crippen LogP contribution in [0.25, 0.3) is 6.08 Å². The number of carbonyl (C=O) groups excluding carboxylic acids is 2. The minimum atomic E-state index is -0.268. The van der Waals surface area contributed by atoms with Crippen LogP contribution in [0.3, 0.4) is 0 Å². The van der Waals surface area contributed by atoms with Crippen molar-refractivity contribution in [3.63, 3.8) is 0 Å². The number of amides is 2. The Balaban J connectivity index is 1.89. The van der Waals surface area contributed by atoms with Gasteiger partial charge in [-0.15, -0.1) is 11.3 Å². The molecule has 1 aromatic heterocycles. The molecule has 152 valence electrons. The van der Waals surface area contributed by atoms with Gasteiger partial charge in [0.05, 0.1) is 23.6 Å². The Bertz CT molecular complexity index is 958. The smallest absolute Gasteiger partial charge is 0.283 e. The Hall–Kier alpha value is -2.29. The summed E-state index contributed by atoms with van der Waals surface area (Å²) >= 11 is 8.99. The van der Waals surface area contributed by atoms with Crippen LogP contribution in [0.2, 0.25) is 5.02 Å². The van der Waals surface area contributed by atoms with Crippen LogP contribution in [0.5, 0.6) is 5.75 Å². The zero-order chi connectivity index (χ0) is 20.8. The summed E-state index contributed by atoms with van der Waals surface area (Å²) in [4.78, 5) is 32.0. The number of hydrogen-bond acceptors (Lipinski definition) is 6. The van der Waals surface area contributed by atoms with E-state index in [0.29, 0.717) is 33.9 Å². The maximum atomic E-state index is 13.1. The molecule has 29 heavy (non-hydrogen) atoms. The molecule has 2 amide bonds. The number of nitrogens with one attached hydrogen (secondary N) is 1. The molecule has 9 heteroatoms. The van der Waals surface area contributed by atoms with Crippen LogP contribution in [-0.2, 0) is 9.59 Å². The lowest BCUT2D eigenvalue weighted by molar-refractivity contribution is -0.118. The Morgan fingerprint density at radius 2 is 2.24 bits per heavy atom. The highest BCUT2D eigenvalue weighted by atomic mass is 35.5. The van der Waals surface area contributed by atoms with E-state index < -0.39 is 0 Å². The summed E-state index contributed by atoms with van der Waals surface area (Å²) < 4.78 is 5.19. The molecular weight excluding hydrogens is 430 g/mol. The Morgan fingerprint density at radius 3 is 2.90 bits per heavy atom. The summed E-state index contributed by atoms with van der Waals surface area (Å²) in [5.74, 6) is 0.312. The fourth-order valence-electron chi connectivity index (χ4n) is 2.57. The number of amidine groups is 1. The minimum absolute atomic E-state index is 0.101. The van der Waals surface area contributed by atoms with E-state index in [1.165, 1.54) is 35.1 Å². The van der Waals surface area contributed by atoms with Crippen molar-refractivity contribution in [2.24, 2.45) is 4.99 Å². The Labute approximate surface area is 182 Å². The molecule has 0 fully saturated rings. The highest BCUT2D eigenvalue weighted by Crippen LogP contribution is 2.34. The molecule has 6 nitrogen and oxygen atoms in total. The van der Waals surface area contributed by atoms with Gasteiger partial charge in [-0.2, -0.15) is 0 Å². The minimum Gasteiger partial charge on any atom is -0.495 e. The van der Waals surface area contributed by atoms with Crippen LogP contribution >= 0.6 is 34.7 Å². The van der Waals surface area contributed by atoms with Gasteiger partial charge in [-0.3, -0.25) is 14.5 Å². The number of benzene rings is 1. The standard InChI is InChI=1S/C20H20ClN3O3S2/c1-3-8-22-18(25)12-29-20-23-16(11-14-5-4-9-28-14)19(26)24(20)13-6-7-17(27-2)15(21)10-13/h4-7,9-11H,3,8,12H2,1-2H3,(H,22,25). The van der Waals surface area contributed by atoms with Gasteiger partial charge in [-0.1, -0.05) is 36.4 Å². The Morgan fingerprint density at radius 1 is 1.41 bits per heavy atom. The molecule has 0 saturated carbocycles. The number of thiophene rings is 1. The molecule has 1 aliphatic rings. The van der Waals surface area contributed by atoms with Crippen molar-refractivity contribution in [2.45, 2.75) is 13.3 Å². The maximum absolute atomic E-state index is 13.1. The summed E-state index contributed by atoms with van der Waals surface area (Å²) in [7, 11) is 1.53. The normalized spacial score (nSPS) is 15.0. The number of halogens is 1. The first-order chi connectivity index (χ1) is 14.0. The van der Waals surface area contributed by atoms with E-state index in [2.05, 4.69) is 10.3 Å². The SMILES string of the molecule is CCCNC(=O)CSC1=NC(=Cc2cccs2)C(=O)N1c1ccc(OC)c(Cl)c1. The fourth-order valence-corrected chi connectivity index (χ4v) is 4.31. The first-order valence-electron chi connectivity index (χ1n) is 8.95. The van der Waals surface area contributed by atoms with Crippen molar-refractivity contribution in [3.8, 4) is 5.75 Å². The van der Waals surface area contributed by atoms with Crippen LogP contribution in [0.15, 0.2) is 46.4 Å². The lowest BCUT2D eigenvalue weighted by Gasteiger charge is -2.18. The summed E-state index contributed by atoms with van der Waals surface area (Å²) in [6.07, 6.45) is 2.61. The van der Waals surface area contributed by atoms with Gasteiger partial charge in [0, 0.05) is 11.4 Å². The molecule has 0 unspecified atom stereocenters. The van der Waals surface area contributed by atoms with Crippen molar-refractivity contribution in [1.82, 2.24) is 5.32 Å². The number of rotatable bonds is 7. The molecule has 0 atom stereocenters. The summed E-state index contributed by atoms with van der Waals surface area (Å²) in [5, 5.41) is 5.58. The zero-order valence-electron chi connectivity index (χ0n) is 16.0. The average Bonchev–Trinajstić information content (AvgIpc) is 3.33. The van der Waals surface area contributed by atoms with Gasteiger partial charge in [-0.25, -0.2) is 4.99 Å². The van der Waals surface area contributed by atoms with E-state index in [1.807, 2.05) is 24.4 Å². The van der Waals surface area contributed by atoms with Gasteiger partial charge in [0.15, 0.2) is 5.17 Å². The van der Waals surface area contributed by atoms with E-state index in [-0.39, 0.29) is 17.6 Å². The van der Waals surface area contributed by atoms with Gasteiger partial charge in [0.2, 0.25) is 5.91 Å². The lowest BCUT2D eigenvalue weighted by atomic mass is 10.2. The Kier molecular flexibility index (Phi) is 7.35. The van der Waals surface area contributed by atoms with Crippen molar-refractivity contribution >= 4 is 63.4 Å². The zero-order valence-corrected chi connectivity index (χ0v) is 18.4. The van der Waals surface area contributed by atoms with E-state index in [9.17, 15) is 9.59 Å². The highest BCUT2D eigenvalue weighted by Gasteiger charge is 2.32. The number of carbonyl (C=O) groups is 2. The first kappa shape index (κ1) is 21.4. The molecule has 1 aliphatic heterocycles. The van der Waals surface area contributed by atoms with Gasteiger partial charge < -0.3 is 10.1 Å². The quantitative estimate of drug-likeness (QED) is 0.635. The second-order valence-electron chi connectivity index (χ2n) is 6.04. The number of ether oxygens (including phenoxy) is 1. The topological polar surface area (TPSA) is 71.0 Å². The van der Waals surface area contributed by atoms with Gasteiger partial charge >= 0.3 is 0 Å². The van der Waals surface area contributed by atoms with Crippen LogP contribution in [-0.4, -0.2) is 36.4 Å². The van der Waals surface area contributed by atoms with Gasteiger partial charge in [0.25, 0.3) is 5.91 Å². The number of methoxy groups -OCH3 is 1. The molecule has 0 saturated heterocycles. The molecule has 0 radical (unpaired) electrons. The third-order valence-corrected chi connectivity index (χ3v) is 6.00. The fraction of sp³-hybridized carbons (Fsp3) is 0.250. The second kappa shape index (κ2) is 9.96. The third kappa shape index (κ3) is 5.20. The van der Waals surface area contributed by atoms with E-state index in [4.69, 9.17) is 16.3 Å². The molecule has 1 N–H and O–H groups in total. The van der Waals surface area contributed by atoms with Gasteiger partial charge in [0.1, 0.15) is 11.4 Å². The first-order valence-corrected chi connectivity index (χ1v) is 11.2. The second-order valence-corrected chi connectivity index (χ2v) is 8.37. The average molecular weight is 450 g/mol. The van der Waals surface area contributed by atoms with Crippen molar-refractivity contribution < 1.29 is 14.3 Å². The van der Waals surface area contributed by atoms with E-state index >= 15 is 0 Å². The van der Waals surface area contributed by atoms with Crippen LogP contribution in [0.1, 0.15) is 18.2 Å². The molecule has 2 heterocycles. The van der Waals surface area contributed by atoms with E-state index in [1.54, 1.807) is 24.3 Å². The van der Waals surface area contributed by atoms with E-state index in [0.717, 1.165) is 11.3 Å². The van der Waals surface area contributed by atoms with Crippen molar-refractivity contribution in [2.75, 3.05) is 24.3 Å². The summed E-state index contributed by atoms with van der Waals surface area (Å²) in [5.41, 5.74) is 0.881. The van der Waals surface area contributed by atoms with Crippen molar-refractivity contribution in [3.05, 3.63) is 51.3 Å². The molecule has 3 rings (SSSR count). The molecule has 0 bridgehead atoms. The number of hydrogen-bond donors (Lipinski definition) is 1. The molecule has 0 spiro atoms. The third-order valence-electron chi connectivity index (χ3n) is 3.95. The van der Waals surface area contributed by atoms with Gasteiger partial charge in [-0.05, 0) is 42.1 Å². The number of thioether (sulfide) groups is 1. The molecular formula is C20H20ClN3O3S2. The number of anilines is 1. The molecule has 1 aromatic carbocycles. The predicted octanol–water partition coefficient (Wildman–Crippen LogP) is 4.41. The molecule has 0 aliphatic carbocycles. The summed E-state index contributed by atoms with van der Waals surface area (Å²) in [6.45, 7) is 2.61. The van der Waals surface area contributed by atoms with Crippen LogP contribution in [0, 0.1) is 0 Å². The number of nitrogens with zero attached hydrogens (tertiary/aromatic N) is 2.